The maximum absolute atomic E-state index is 12.8. The number of aliphatic hydroxyl groups excluding tert-OH is 1. The molecule has 34 heavy (non-hydrogen) atoms. The quantitative estimate of drug-likeness (QED) is 0.498. The Hall–Kier alpha value is -3.38. The van der Waals surface area contributed by atoms with Crippen LogP contribution >= 0.6 is 0 Å². The lowest BCUT2D eigenvalue weighted by Gasteiger charge is -2.19. The summed E-state index contributed by atoms with van der Waals surface area (Å²) in [5, 5.41) is 10.8. The van der Waals surface area contributed by atoms with Gasteiger partial charge in [-0.25, -0.2) is 0 Å². The van der Waals surface area contributed by atoms with Gasteiger partial charge in [-0.05, 0) is 78.5 Å². The maximum Gasteiger partial charge on any atom is 0.253 e. The van der Waals surface area contributed by atoms with E-state index in [1.165, 1.54) is 12.5 Å². The Kier molecular flexibility index (Phi) is 7.48. The van der Waals surface area contributed by atoms with Gasteiger partial charge in [0.15, 0.2) is 5.78 Å². The molecule has 0 bridgehead atoms. The zero-order valence-corrected chi connectivity index (χ0v) is 19.7. The summed E-state index contributed by atoms with van der Waals surface area (Å²) in [6.45, 7) is 2.01. The van der Waals surface area contributed by atoms with Crippen LogP contribution in [0.5, 0.6) is 0 Å². The number of amides is 1. The first-order valence-electron chi connectivity index (χ1n) is 11.8. The third kappa shape index (κ3) is 5.75. The molecule has 0 saturated heterocycles. The summed E-state index contributed by atoms with van der Waals surface area (Å²) in [4.78, 5) is 34.2. The number of carbonyl (C=O) groups excluding carboxylic acids is 2. The van der Waals surface area contributed by atoms with Crippen LogP contribution in [0.25, 0.3) is 0 Å². The fourth-order valence-electron chi connectivity index (χ4n) is 4.82. The Morgan fingerprint density at radius 3 is 2.50 bits per heavy atom. The van der Waals surface area contributed by atoms with Crippen LogP contribution in [0.4, 0.5) is 0 Å². The average Bonchev–Trinajstić information content (AvgIpc) is 3.32. The molecule has 3 aromatic rings. The standard InChI is InChI=1S/C28H31N3O3/c1-19(32)26-12-11-25(17-30-26)27(33)24-10-7-21(15-24)14-20-5-8-23(9-6-20)28(34)31(2)18-22-4-3-13-29-16-22/h3-6,8-9,11-13,16-17,21,24,27,33H,7,10,14-15,18H2,1-2H3/t21-,24-,27-/m0/s1. The minimum atomic E-state index is -0.561. The third-order valence-corrected chi connectivity index (χ3v) is 6.73. The van der Waals surface area contributed by atoms with Gasteiger partial charge < -0.3 is 10.0 Å². The molecule has 0 unspecified atom stereocenters. The Bertz CT molecular complexity index is 1110. The molecule has 4 rings (SSSR count). The summed E-state index contributed by atoms with van der Waals surface area (Å²) < 4.78 is 0. The van der Waals surface area contributed by atoms with Crippen molar-refractivity contribution in [2.24, 2.45) is 11.8 Å². The predicted molar refractivity (Wildman–Crippen MR) is 130 cm³/mol. The van der Waals surface area contributed by atoms with Crippen molar-refractivity contribution in [2.45, 2.75) is 45.3 Å². The van der Waals surface area contributed by atoms with Crippen LogP contribution in [0.2, 0.25) is 0 Å². The fraction of sp³-hybridized carbons (Fsp3) is 0.357. The van der Waals surface area contributed by atoms with Gasteiger partial charge in [0.2, 0.25) is 0 Å². The van der Waals surface area contributed by atoms with Gasteiger partial charge in [-0.2, -0.15) is 0 Å². The van der Waals surface area contributed by atoms with Crippen LogP contribution in [0, 0.1) is 11.8 Å². The van der Waals surface area contributed by atoms with Crippen LogP contribution in [-0.2, 0) is 13.0 Å². The summed E-state index contributed by atoms with van der Waals surface area (Å²) >= 11 is 0. The molecule has 1 amide bonds. The number of hydrogen-bond acceptors (Lipinski definition) is 5. The number of benzene rings is 1. The second kappa shape index (κ2) is 10.7. The van der Waals surface area contributed by atoms with Crippen molar-refractivity contribution in [1.82, 2.24) is 14.9 Å². The van der Waals surface area contributed by atoms with Gasteiger partial charge in [0, 0.05) is 44.7 Å². The number of carbonyl (C=O) groups is 2. The van der Waals surface area contributed by atoms with E-state index in [1.54, 1.807) is 36.6 Å². The predicted octanol–water partition coefficient (Wildman–Crippen LogP) is 4.64. The van der Waals surface area contributed by atoms with E-state index in [0.29, 0.717) is 23.7 Å². The second-order valence-electron chi connectivity index (χ2n) is 9.34. The fourth-order valence-corrected chi connectivity index (χ4v) is 4.82. The molecule has 1 saturated carbocycles. The van der Waals surface area contributed by atoms with Crippen LogP contribution in [0.15, 0.2) is 67.1 Å². The first-order valence-corrected chi connectivity index (χ1v) is 11.8. The summed E-state index contributed by atoms with van der Waals surface area (Å²) in [6.07, 6.45) is 8.47. The van der Waals surface area contributed by atoms with Gasteiger partial charge in [0.05, 0.1) is 6.10 Å². The van der Waals surface area contributed by atoms with Crippen LogP contribution < -0.4 is 0 Å². The molecule has 6 nitrogen and oxygen atoms in total. The molecule has 0 radical (unpaired) electrons. The number of hydrogen-bond donors (Lipinski definition) is 1. The molecule has 1 aliphatic carbocycles. The van der Waals surface area contributed by atoms with Crippen molar-refractivity contribution < 1.29 is 14.7 Å². The first-order chi connectivity index (χ1) is 16.4. The first kappa shape index (κ1) is 23.8. The minimum absolute atomic E-state index is 0.0103. The van der Waals surface area contributed by atoms with E-state index in [-0.39, 0.29) is 17.6 Å². The monoisotopic (exact) mass is 457 g/mol. The van der Waals surface area contributed by atoms with E-state index in [4.69, 9.17) is 0 Å². The molecule has 1 N–H and O–H groups in total. The Morgan fingerprint density at radius 2 is 1.85 bits per heavy atom. The summed E-state index contributed by atoms with van der Waals surface area (Å²) in [6, 6.07) is 15.2. The minimum Gasteiger partial charge on any atom is -0.388 e. The molecule has 0 spiro atoms. The van der Waals surface area contributed by atoms with E-state index in [0.717, 1.165) is 36.8 Å². The molecular weight excluding hydrogens is 426 g/mol. The largest absolute Gasteiger partial charge is 0.388 e. The Labute approximate surface area is 200 Å². The zero-order chi connectivity index (χ0) is 24.1. The van der Waals surface area contributed by atoms with E-state index < -0.39 is 6.10 Å². The van der Waals surface area contributed by atoms with E-state index in [1.807, 2.05) is 42.5 Å². The molecular formula is C28H31N3O3. The smallest absolute Gasteiger partial charge is 0.253 e. The third-order valence-electron chi connectivity index (χ3n) is 6.73. The summed E-state index contributed by atoms with van der Waals surface area (Å²) in [5.74, 6) is 0.606. The van der Waals surface area contributed by atoms with Gasteiger partial charge in [0.25, 0.3) is 5.91 Å². The van der Waals surface area contributed by atoms with Gasteiger partial charge in [-0.15, -0.1) is 0 Å². The SMILES string of the molecule is CC(=O)c1ccc([C@@H](O)[C@H]2CC[C@@H](Cc3ccc(C(=O)N(C)Cc4cccnc4)cc3)C2)cn1. The summed E-state index contributed by atoms with van der Waals surface area (Å²) in [5.41, 5.74) is 4.08. The molecule has 6 heteroatoms. The Balaban J connectivity index is 1.30. The van der Waals surface area contributed by atoms with Gasteiger partial charge in [0.1, 0.15) is 5.69 Å². The van der Waals surface area contributed by atoms with E-state index in [9.17, 15) is 14.7 Å². The molecule has 2 heterocycles. The average molecular weight is 458 g/mol. The van der Waals surface area contributed by atoms with Crippen LogP contribution in [0.1, 0.15) is 69.8 Å². The lowest BCUT2D eigenvalue weighted by atomic mass is 9.92. The van der Waals surface area contributed by atoms with Crippen molar-refractivity contribution in [3.8, 4) is 0 Å². The van der Waals surface area contributed by atoms with Crippen molar-refractivity contribution in [1.29, 1.82) is 0 Å². The zero-order valence-electron chi connectivity index (χ0n) is 19.7. The number of aliphatic hydroxyl groups is 1. The van der Waals surface area contributed by atoms with E-state index >= 15 is 0 Å². The van der Waals surface area contributed by atoms with Crippen molar-refractivity contribution in [3.05, 3.63) is 95.1 Å². The molecule has 1 aliphatic rings. The highest BCUT2D eigenvalue weighted by atomic mass is 16.3. The molecule has 2 aromatic heterocycles. The number of pyridine rings is 2. The van der Waals surface area contributed by atoms with Crippen molar-refractivity contribution >= 4 is 11.7 Å². The number of rotatable bonds is 8. The normalized spacial score (nSPS) is 18.4. The van der Waals surface area contributed by atoms with Crippen molar-refractivity contribution in [3.63, 3.8) is 0 Å². The summed E-state index contributed by atoms with van der Waals surface area (Å²) in [7, 11) is 1.80. The highest BCUT2D eigenvalue weighted by Gasteiger charge is 2.31. The van der Waals surface area contributed by atoms with Crippen LogP contribution in [0.3, 0.4) is 0 Å². The van der Waals surface area contributed by atoms with Gasteiger partial charge in [-0.1, -0.05) is 24.3 Å². The van der Waals surface area contributed by atoms with E-state index in [2.05, 4.69) is 9.97 Å². The molecule has 176 valence electrons. The molecule has 1 aromatic carbocycles. The highest BCUT2D eigenvalue weighted by Crippen LogP contribution is 2.40. The highest BCUT2D eigenvalue weighted by molar-refractivity contribution is 5.94. The molecule has 0 aliphatic heterocycles. The second-order valence-corrected chi connectivity index (χ2v) is 9.34. The maximum atomic E-state index is 12.8. The topological polar surface area (TPSA) is 83.4 Å². The number of nitrogens with zero attached hydrogens (tertiary/aromatic N) is 3. The number of Topliss-reactive ketones (excluding diaryl/α,β-unsaturated/α-hetero) is 1. The van der Waals surface area contributed by atoms with Gasteiger partial charge >= 0.3 is 0 Å². The van der Waals surface area contributed by atoms with Crippen LogP contribution in [-0.4, -0.2) is 38.7 Å². The van der Waals surface area contributed by atoms with Gasteiger partial charge in [-0.3, -0.25) is 19.6 Å². The lowest BCUT2D eigenvalue weighted by molar-refractivity contribution is 0.0784. The molecule has 3 atom stereocenters. The Morgan fingerprint density at radius 1 is 1.06 bits per heavy atom. The molecule has 1 fully saturated rings. The number of aromatic nitrogens is 2. The van der Waals surface area contributed by atoms with Crippen molar-refractivity contribution in [2.75, 3.05) is 7.05 Å². The lowest BCUT2D eigenvalue weighted by Crippen LogP contribution is -2.26. The number of ketones is 1.